The Balaban J connectivity index is 2.19. The summed E-state index contributed by atoms with van der Waals surface area (Å²) in [6.07, 6.45) is 3.88. The van der Waals surface area contributed by atoms with Crippen LogP contribution in [0.1, 0.15) is 18.8 Å². The van der Waals surface area contributed by atoms with Crippen molar-refractivity contribution < 1.29 is 0 Å². The molecule has 1 aromatic heterocycles. The van der Waals surface area contributed by atoms with Gasteiger partial charge in [0, 0.05) is 39.1 Å². The molecule has 1 fully saturated rings. The van der Waals surface area contributed by atoms with Crippen LogP contribution in [0.3, 0.4) is 0 Å². The van der Waals surface area contributed by atoms with Crippen LogP contribution in [0.15, 0.2) is 12.4 Å². The molecule has 0 aromatic carbocycles. The van der Waals surface area contributed by atoms with E-state index in [1.165, 1.54) is 5.82 Å². The largest absolute Gasteiger partial charge is 0.337 e. The minimum Gasteiger partial charge on any atom is -0.337 e. The first kappa shape index (κ1) is 9.68. The second kappa shape index (κ2) is 4.11. The molecular weight excluding hydrogens is 176 g/mol. The Bertz CT molecular complexity index is 294. The fraction of sp³-hybridized carbons (Fsp3) is 0.700. The maximum Gasteiger partial charge on any atom is 0.127 e. The average Bonchev–Trinajstić information content (AvgIpc) is 2.64. The van der Waals surface area contributed by atoms with Crippen LogP contribution in [0, 0.1) is 0 Å². The molecule has 0 bridgehead atoms. The van der Waals surface area contributed by atoms with Crippen LogP contribution in [0.4, 0.5) is 0 Å². The topological polar surface area (TPSA) is 33.1 Å². The molecular formula is C10H18N4. The number of aryl methyl sites for hydroxylation is 1. The maximum absolute atomic E-state index is 4.42. The predicted octanol–water partition coefficient (Wildman–Crippen LogP) is 0.386. The molecule has 0 spiro atoms. The van der Waals surface area contributed by atoms with Gasteiger partial charge in [-0.1, -0.05) is 6.92 Å². The molecule has 1 aliphatic rings. The summed E-state index contributed by atoms with van der Waals surface area (Å²) in [6, 6.07) is 0.439. The highest BCUT2D eigenvalue weighted by molar-refractivity contribution is 5.01. The van der Waals surface area contributed by atoms with E-state index in [2.05, 4.69) is 33.7 Å². The van der Waals surface area contributed by atoms with Gasteiger partial charge < -0.3 is 9.88 Å². The van der Waals surface area contributed by atoms with Crippen LogP contribution < -0.4 is 5.32 Å². The summed E-state index contributed by atoms with van der Waals surface area (Å²) in [6.45, 7) is 6.53. The molecule has 1 N–H and O–H groups in total. The van der Waals surface area contributed by atoms with E-state index in [4.69, 9.17) is 0 Å². The van der Waals surface area contributed by atoms with Gasteiger partial charge >= 0.3 is 0 Å². The van der Waals surface area contributed by atoms with Gasteiger partial charge in [-0.25, -0.2) is 4.98 Å². The molecule has 1 unspecified atom stereocenters. The van der Waals surface area contributed by atoms with Gasteiger partial charge in [0.15, 0.2) is 0 Å². The highest BCUT2D eigenvalue weighted by Crippen LogP contribution is 2.19. The summed E-state index contributed by atoms with van der Waals surface area (Å²) in [5.74, 6) is 1.17. The van der Waals surface area contributed by atoms with E-state index in [-0.39, 0.29) is 0 Å². The number of rotatable bonds is 2. The van der Waals surface area contributed by atoms with E-state index in [1.54, 1.807) is 0 Å². The third kappa shape index (κ3) is 1.67. The first-order chi connectivity index (χ1) is 6.83. The van der Waals surface area contributed by atoms with Gasteiger partial charge in [-0.3, -0.25) is 4.90 Å². The van der Waals surface area contributed by atoms with E-state index in [0.29, 0.717) is 6.04 Å². The SMILES string of the molecule is CCN1CCNCC1c1nccn1C. The standard InChI is InChI=1S/C10H18N4/c1-3-14-7-4-11-8-9(14)10-12-5-6-13(10)2/h5-6,9,11H,3-4,7-8H2,1-2H3. The van der Waals surface area contributed by atoms with Gasteiger partial charge in [0.2, 0.25) is 0 Å². The zero-order valence-electron chi connectivity index (χ0n) is 8.90. The van der Waals surface area contributed by atoms with Gasteiger partial charge in [0.1, 0.15) is 5.82 Å². The number of piperazine rings is 1. The van der Waals surface area contributed by atoms with Crippen LogP contribution in [-0.4, -0.2) is 40.6 Å². The van der Waals surface area contributed by atoms with E-state index in [1.807, 2.05) is 12.4 Å². The summed E-state index contributed by atoms with van der Waals surface area (Å²) in [5, 5.41) is 3.42. The first-order valence-corrected chi connectivity index (χ1v) is 5.25. The quantitative estimate of drug-likeness (QED) is 0.739. The molecule has 2 heterocycles. The zero-order chi connectivity index (χ0) is 9.97. The first-order valence-electron chi connectivity index (χ1n) is 5.25. The number of hydrogen-bond acceptors (Lipinski definition) is 3. The van der Waals surface area contributed by atoms with Crippen LogP contribution >= 0.6 is 0 Å². The summed E-state index contributed by atoms with van der Waals surface area (Å²) in [7, 11) is 2.06. The molecule has 14 heavy (non-hydrogen) atoms. The Kier molecular flexibility index (Phi) is 2.84. The van der Waals surface area contributed by atoms with Gasteiger partial charge in [-0.05, 0) is 6.54 Å². The number of hydrogen-bond donors (Lipinski definition) is 1. The van der Waals surface area contributed by atoms with Crippen molar-refractivity contribution in [2.24, 2.45) is 7.05 Å². The molecule has 1 aromatic rings. The van der Waals surface area contributed by atoms with Gasteiger partial charge in [0.25, 0.3) is 0 Å². The predicted molar refractivity (Wildman–Crippen MR) is 56.1 cm³/mol. The monoisotopic (exact) mass is 194 g/mol. The van der Waals surface area contributed by atoms with Crippen molar-refractivity contribution in [2.75, 3.05) is 26.2 Å². The lowest BCUT2D eigenvalue weighted by molar-refractivity contribution is 0.161. The van der Waals surface area contributed by atoms with Crippen molar-refractivity contribution in [3.05, 3.63) is 18.2 Å². The lowest BCUT2D eigenvalue weighted by Gasteiger charge is -2.34. The minimum atomic E-state index is 0.439. The lowest BCUT2D eigenvalue weighted by atomic mass is 10.2. The van der Waals surface area contributed by atoms with Gasteiger partial charge in [-0.2, -0.15) is 0 Å². The number of nitrogens with one attached hydrogen (secondary N) is 1. The average molecular weight is 194 g/mol. The second-order valence-electron chi connectivity index (χ2n) is 3.74. The molecule has 2 rings (SSSR count). The molecule has 1 saturated heterocycles. The number of nitrogens with zero attached hydrogens (tertiary/aromatic N) is 3. The third-order valence-electron chi connectivity index (χ3n) is 2.92. The van der Waals surface area contributed by atoms with E-state index in [0.717, 1.165) is 26.2 Å². The minimum absolute atomic E-state index is 0.439. The smallest absolute Gasteiger partial charge is 0.127 e. The molecule has 1 atom stereocenters. The van der Waals surface area contributed by atoms with Crippen LogP contribution in [0.5, 0.6) is 0 Å². The molecule has 0 radical (unpaired) electrons. The zero-order valence-corrected chi connectivity index (χ0v) is 8.90. The Morgan fingerprint density at radius 2 is 2.50 bits per heavy atom. The Labute approximate surface area is 84.9 Å². The normalized spacial score (nSPS) is 24.0. The summed E-state index contributed by atoms with van der Waals surface area (Å²) in [5.41, 5.74) is 0. The van der Waals surface area contributed by atoms with Crippen LogP contribution in [0.25, 0.3) is 0 Å². The van der Waals surface area contributed by atoms with Crippen molar-refractivity contribution in [3.8, 4) is 0 Å². The van der Waals surface area contributed by atoms with Crippen molar-refractivity contribution in [1.29, 1.82) is 0 Å². The van der Waals surface area contributed by atoms with Crippen molar-refractivity contribution in [3.63, 3.8) is 0 Å². The Morgan fingerprint density at radius 1 is 1.64 bits per heavy atom. The van der Waals surface area contributed by atoms with Crippen molar-refractivity contribution >= 4 is 0 Å². The number of aromatic nitrogens is 2. The highest BCUT2D eigenvalue weighted by atomic mass is 15.2. The van der Waals surface area contributed by atoms with E-state index in [9.17, 15) is 0 Å². The van der Waals surface area contributed by atoms with Gasteiger partial charge in [0.05, 0.1) is 6.04 Å². The fourth-order valence-electron chi connectivity index (χ4n) is 2.08. The maximum atomic E-state index is 4.42. The molecule has 0 aliphatic carbocycles. The third-order valence-corrected chi connectivity index (χ3v) is 2.92. The molecule has 4 heteroatoms. The highest BCUT2D eigenvalue weighted by Gasteiger charge is 2.24. The van der Waals surface area contributed by atoms with E-state index < -0.39 is 0 Å². The number of likely N-dealkylation sites (N-methyl/N-ethyl adjacent to an activating group) is 1. The summed E-state index contributed by atoms with van der Waals surface area (Å²) in [4.78, 5) is 6.89. The van der Waals surface area contributed by atoms with Crippen LogP contribution in [-0.2, 0) is 7.05 Å². The van der Waals surface area contributed by atoms with E-state index >= 15 is 0 Å². The van der Waals surface area contributed by atoms with Gasteiger partial charge in [-0.15, -0.1) is 0 Å². The summed E-state index contributed by atoms with van der Waals surface area (Å²) < 4.78 is 2.11. The summed E-state index contributed by atoms with van der Waals surface area (Å²) >= 11 is 0. The second-order valence-corrected chi connectivity index (χ2v) is 3.74. The Morgan fingerprint density at radius 3 is 3.14 bits per heavy atom. The molecule has 0 amide bonds. The van der Waals surface area contributed by atoms with Crippen molar-refractivity contribution in [1.82, 2.24) is 19.8 Å². The number of imidazole rings is 1. The van der Waals surface area contributed by atoms with Crippen LogP contribution in [0.2, 0.25) is 0 Å². The molecule has 4 nitrogen and oxygen atoms in total. The fourth-order valence-corrected chi connectivity index (χ4v) is 2.08. The lowest BCUT2D eigenvalue weighted by Crippen LogP contribution is -2.46. The molecule has 0 saturated carbocycles. The molecule has 78 valence electrons. The Hall–Kier alpha value is -0.870. The molecule has 1 aliphatic heterocycles. The van der Waals surface area contributed by atoms with Crippen molar-refractivity contribution in [2.45, 2.75) is 13.0 Å².